The Labute approximate surface area is 122 Å². The molecule has 1 aromatic carbocycles. The summed E-state index contributed by atoms with van der Waals surface area (Å²) in [5.41, 5.74) is 1.12. The second-order valence-electron chi connectivity index (χ2n) is 6.65. The van der Waals surface area contributed by atoms with Gasteiger partial charge in [0.15, 0.2) is 0 Å². The Hall–Kier alpha value is -1.35. The highest BCUT2D eigenvalue weighted by Gasteiger charge is 2.37. The third kappa shape index (κ3) is 3.60. The second-order valence-corrected chi connectivity index (χ2v) is 6.65. The van der Waals surface area contributed by atoms with Crippen LogP contribution < -0.4 is 5.32 Å². The summed E-state index contributed by atoms with van der Waals surface area (Å²) >= 11 is 0. The van der Waals surface area contributed by atoms with Crippen molar-refractivity contribution in [2.75, 3.05) is 20.6 Å². The van der Waals surface area contributed by atoms with Gasteiger partial charge < -0.3 is 10.2 Å². The molecule has 0 bridgehead atoms. The third-order valence-electron chi connectivity index (χ3n) is 4.44. The Morgan fingerprint density at radius 3 is 2.40 bits per heavy atom. The van der Waals surface area contributed by atoms with Crippen LogP contribution in [-0.2, 0) is 4.79 Å². The van der Waals surface area contributed by atoms with Gasteiger partial charge in [0.1, 0.15) is 0 Å². The first-order valence-corrected chi connectivity index (χ1v) is 7.42. The van der Waals surface area contributed by atoms with Crippen LogP contribution in [0.15, 0.2) is 30.3 Å². The van der Waals surface area contributed by atoms with Crippen molar-refractivity contribution in [3.63, 3.8) is 0 Å². The zero-order valence-electron chi connectivity index (χ0n) is 13.0. The summed E-state index contributed by atoms with van der Waals surface area (Å²) in [6, 6.07) is 10.2. The topological polar surface area (TPSA) is 32.3 Å². The van der Waals surface area contributed by atoms with Crippen molar-refractivity contribution >= 4 is 5.91 Å². The first-order valence-electron chi connectivity index (χ1n) is 7.42. The number of nitrogens with one attached hydrogen (secondary N) is 1. The predicted molar refractivity (Wildman–Crippen MR) is 82.7 cm³/mol. The van der Waals surface area contributed by atoms with E-state index in [1.165, 1.54) is 12.8 Å². The Balaban J connectivity index is 2.02. The lowest BCUT2D eigenvalue weighted by molar-refractivity contribution is -0.123. The van der Waals surface area contributed by atoms with Gasteiger partial charge in [-0.05, 0) is 52.3 Å². The average molecular weight is 274 g/mol. The van der Waals surface area contributed by atoms with Gasteiger partial charge in [0.2, 0.25) is 5.91 Å². The normalized spacial score (nSPS) is 17.1. The van der Waals surface area contributed by atoms with E-state index in [4.69, 9.17) is 0 Å². The minimum absolute atomic E-state index is 0.0224. The molecule has 0 radical (unpaired) electrons. The number of rotatable bonds is 6. The number of hydrogen-bond donors (Lipinski definition) is 1. The Morgan fingerprint density at radius 1 is 1.30 bits per heavy atom. The van der Waals surface area contributed by atoms with Crippen LogP contribution in [0.2, 0.25) is 0 Å². The molecule has 1 saturated carbocycles. The summed E-state index contributed by atoms with van der Waals surface area (Å²) in [4.78, 5) is 14.7. The lowest BCUT2D eigenvalue weighted by atomic mass is 9.93. The van der Waals surface area contributed by atoms with Gasteiger partial charge in [-0.3, -0.25) is 4.79 Å². The van der Waals surface area contributed by atoms with Gasteiger partial charge in [-0.2, -0.15) is 0 Å². The lowest BCUT2D eigenvalue weighted by Crippen LogP contribution is -2.49. The van der Waals surface area contributed by atoms with Crippen molar-refractivity contribution in [2.45, 2.75) is 38.1 Å². The van der Waals surface area contributed by atoms with Crippen molar-refractivity contribution in [3.8, 4) is 0 Å². The molecule has 0 aromatic heterocycles. The van der Waals surface area contributed by atoms with E-state index in [9.17, 15) is 4.79 Å². The summed E-state index contributed by atoms with van der Waals surface area (Å²) in [7, 11) is 4.09. The molecule has 0 spiro atoms. The van der Waals surface area contributed by atoms with Crippen LogP contribution in [0.25, 0.3) is 0 Å². The summed E-state index contributed by atoms with van der Waals surface area (Å²) in [6.07, 6.45) is 2.34. The smallest absolute Gasteiger partial charge is 0.227 e. The molecule has 1 aromatic rings. The minimum atomic E-state index is -0.0273. The summed E-state index contributed by atoms with van der Waals surface area (Å²) in [5, 5.41) is 3.14. The SMILES string of the molecule is CN(C)C(C)(C)CNC(=O)C(c1ccccc1)C1CC1. The van der Waals surface area contributed by atoms with Crippen LogP contribution in [0, 0.1) is 5.92 Å². The molecule has 1 unspecified atom stereocenters. The fourth-order valence-corrected chi connectivity index (χ4v) is 2.30. The first kappa shape index (κ1) is 15.0. The number of amides is 1. The molecule has 1 amide bonds. The standard InChI is InChI=1S/C17H26N2O/c1-17(2,19(3)4)12-18-16(20)15(14-10-11-14)13-8-6-5-7-9-13/h5-9,14-15H,10-12H2,1-4H3,(H,18,20). The van der Waals surface area contributed by atoms with Crippen LogP contribution in [0.4, 0.5) is 0 Å². The second kappa shape index (κ2) is 5.96. The number of carbonyl (C=O) groups is 1. The molecule has 0 saturated heterocycles. The van der Waals surface area contributed by atoms with Crippen LogP contribution in [0.5, 0.6) is 0 Å². The molecule has 1 atom stereocenters. The third-order valence-corrected chi connectivity index (χ3v) is 4.44. The predicted octanol–water partition coefficient (Wildman–Crippen LogP) is 2.64. The molecule has 0 heterocycles. The number of benzene rings is 1. The molecule has 2 rings (SSSR count). The molecule has 1 fully saturated rings. The van der Waals surface area contributed by atoms with E-state index in [2.05, 4.69) is 36.2 Å². The number of hydrogen-bond acceptors (Lipinski definition) is 2. The monoisotopic (exact) mass is 274 g/mol. The Morgan fingerprint density at radius 2 is 1.90 bits per heavy atom. The van der Waals surface area contributed by atoms with Crippen LogP contribution in [0.3, 0.4) is 0 Å². The van der Waals surface area contributed by atoms with E-state index >= 15 is 0 Å². The molecule has 110 valence electrons. The maximum absolute atomic E-state index is 12.6. The van der Waals surface area contributed by atoms with Crippen molar-refractivity contribution in [2.24, 2.45) is 5.92 Å². The molecular formula is C17H26N2O. The van der Waals surface area contributed by atoms with Crippen LogP contribution in [0.1, 0.15) is 38.2 Å². The Bertz CT molecular complexity index is 449. The number of likely N-dealkylation sites (N-methyl/N-ethyl adjacent to an activating group) is 1. The molecular weight excluding hydrogens is 248 g/mol. The molecule has 3 nitrogen and oxygen atoms in total. The number of carbonyl (C=O) groups excluding carboxylic acids is 1. The van der Waals surface area contributed by atoms with Crippen molar-refractivity contribution < 1.29 is 4.79 Å². The molecule has 0 aliphatic heterocycles. The zero-order valence-corrected chi connectivity index (χ0v) is 13.0. The Kier molecular flexibility index (Phi) is 4.48. The fraction of sp³-hybridized carbons (Fsp3) is 0.588. The van der Waals surface area contributed by atoms with E-state index in [-0.39, 0.29) is 17.4 Å². The highest BCUT2D eigenvalue weighted by atomic mass is 16.1. The summed E-state index contributed by atoms with van der Waals surface area (Å²) in [5.74, 6) is 0.725. The molecule has 1 aliphatic rings. The summed E-state index contributed by atoms with van der Waals surface area (Å²) < 4.78 is 0. The van der Waals surface area contributed by atoms with E-state index in [1.54, 1.807) is 0 Å². The quantitative estimate of drug-likeness (QED) is 0.865. The van der Waals surface area contributed by atoms with E-state index in [0.717, 1.165) is 5.56 Å². The van der Waals surface area contributed by atoms with E-state index < -0.39 is 0 Å². The fourth-order valence-electron chi connectivity index (χ4n) is 2.30. The largest absolute Gasteiger partial charge is 0.354 e. The van der Waals surface area contributed by atoms with E-state index in [0.29, 0.717) is 12.5 Å². The van der Waals surface area contributed by atoms with Crippen molar-refractivity contribution in [1.82, 2.24) is 10.2 Å². The van der Waals surface area contributed by atoms with Crippen molar-refractivity contribution in [3.05, 3.63) is 35.9 Å². The number of nitrogens with zero attached hydrogens (tertiary/aromatic N) is 1. The van der Waals surface area contributed by atoms with Gasteiger partial charge in [-0.1, -0.05) is 30.3 Å². The highest BCUT2D eigenvalue weighted by molar-refractivity contribution is 5.84. The molecule has 3 heteroatoms. The van der Waals surface area contributed by atoms with Crippen molar-refractivity contribution in [1.29, 1.82) is 0 Å². The van der Waals surface area contributed by atoms with Crippen LogP contribution in [-0.4, -0.2) is 37.0 Å². The van der Waals surface area contributed by atoms with Gasteiger partial charge in [-0.25, -0.2) is 0 Å². The highest BCUT2D eigenvalue weighted by Crippen LogP contribution is 2.42. The molecule has 1 N–H and O–H groups in total. The summed E-state index contributed by atoms with van der Waals surface area (Å²) in [6.45, 7) is 4.96. The lowest BCUT2D eigenvalue weighted by Gasteiger charge is -2.33. The first-order chi connectivity index (χ1) is 9.42. The van der Waals surface area contributed by atoms with Gasteiger partial charge in [-0.15, -0.1) is 0 Å². The maximum atomic E-state index is 12.6. The van der Waals surface area contributed by atoms with Gasteiger partial charge in [0, 0.05) is 12.1 Å². The maximum Gasteiger partial charge on any atom is 0.227 e. The molecule has 1 aliphatic carbocycles. The van der Waals surface area contributed by atoms with Gasteiger partial charge in [0.25, 0.3) is 0 Å². The van der Waals surface area contributed by atoms with Gasteiger partial charge >= 0.3 is 0 Å². The van der Waals surface area contributed by atoms with E-state index in [1.807, 2.05) is 32.3 Å². The molecule has 20 heavy (non-hydrogen) atoms. The van der Waals surface area contributed by atoms with Gasteiger partial charge in [0.05, 0.1) is 5.92 Å². The van der Waals surface area contributed by atoms with Crippen LogP contribution >= 0.6 is 0 Å². The minimum Gasteiger partial charge on any atom is -0.354 e. The zero-order chi connectivity index (χ0) is 14.8. The average Bonchev–Trinajstić information content (AvgIpc) is 3.22.